The summed E-state index contributed by atoms with van der Waals surface area (Å²) in [7, 11) is 3.79. The molecule has 2 aromatic rings. The highest BCUT2D eigenvalue weighted by Crippen LogP contribution is 2.31. The molecule has 2 aromatic carbocycles. The maximum atomic E-state index is 12.5. The molecular weight excluding hydrogens is 326 g/mol. The van der Waals surface area contributed by atoms with Crippen molar-refractivity contribution in [3.63, 3.8) is 0 Å². The monoisotopic (exact) mass is 353 g/mol. The Labute approximate surface area is 154 Å². The lowest BCUT2D eigenvalue weighted by molar-refractivity contribution is -0.140. The molecule has 5 heteroatoms. The normalized spacial score (nSPS) is 21.1. The van der Waals surface area contributed by atoms with Gasteiger partial charge in [-0.2, -0.15) is 0 Å². The summed E-state index contributed by atoms with van der Waals surface area (Å²) >= 11 is 0. The first kappa shape index (κ1) is 17.3. The van der Waals surface area contributed by atoms with Crippen molar-refractivity contribution in [3.8, 4) is 5.75 Å². The molecule has 0 bridgehead atoms. The number of ether oxygens (including phenoxy) is 1. The van der Waals surface area contributed by atoms with Gasteiger partial charge in [0.1, 0.15) is 11.3 Å². The predicted molar refractivity (Wildman–Crippen MR) is 103 cm³/mol. The lowest BCUT2D eigenvalue weighted by Crippen LogP contribution is -2.66. The molecule has 2 saturated heterocycles. The molecule has 2 heterocycles. The summed E-state index contributed by atoms with van der Waals surface area (Å²) in [6, 6.07) is 12.8. The molecule has 0 aromatic heterocycles. The average molecular weight is 353 g/mol. The number of carbonyl (C=O) groups excluding carboxylic acids is 1. The number of methoxy groups -OCH3 is 1. The van der Waals surface area contributed by atoms with E-state index >= 15 is 0 Å². The summed E-state index contributed by atoms with van der Waals surface area (Å²) in [4.78, 5) is 17.2. The fraction of sp³-hybridized carbons (Fsp3) is 0.476. The van der Waals surface area contributed by atoms with E-state index in [-0.39, 0.29) is 11.4 Å². The number of fused-ring (bicyclic) bond motifs is 1. The minimum atomic E-state index is -0.297. The van der Waals surface area contributed by atoms with Gasteiger partial charge in [0.15, 0.2) is 0 Å². The second-order valence-corrected chi connectivity index (χ2v) is 7.53. The van der Waals surface area contributed by atoms with Crippen LogP contribution in [0.3, 0.4) is 0 Å². The van der Waals surface area contributed by atoms with Crippen LogP contribution in [-0.2, 0) is 11.3 Å². The molecule has 0 atom stereocenters. The van der Waals surface area contributed by atoms with E-state index in [0.29, 0.717) is 0 Å². The summed E-state index contributed by atoms with van der Waals surface area (Å²) in [5.41, 5.74) is 1.02. The second kappa shape index (κ2) is 6.89. The Morgan fingerprint density at radius 1 is 1.08 bits per heavy atom. The van der Waals surface area contributed by atoms with Crippen LogP contribution in [0.1, 0.15) is 18.4 Å². The zero-order chi connectivity index (χ0) is 18.1. The number of nitrogens with one attached hydrogen (secondary N) is 1. The van der Waals surface area contributed by atoms with Crippen LogP contribution in [0.5, 0.6) is 5.75 Å². The van der Waals surface area contributed by atoms with E-state index < -0.39 is 0 Å². The third-order valence-corrected chi connectivity index (χ3v) is 6.09. The Kier molecular flexibility index (Phi) is 4.59. The number of benzene rings is 2. The molecule has 2 aliphatic rings. The molecule has 5 nitrogen and oxygen atoms in total. The molecule has 1 amide bonds. The number of hydrogen-bond donors (Lipinski definition) is 1. The molecule has 1 spiro atoms. The zero-order valence-electron chi connectivity index (χ0n) is 15.6. The number of carbonyl (C=O) groups is 1. The first-order valence-electron chi connectivity index (χ1n) is 9.39. The van der Waals surface area contributed by atoms with Crippen molar-refractivity contribution in [2.45, 2.75) is 24.9 Å². The second-order valence-electron chi connectivity index (χ2n) is 7.53. The van der Waals surface area contributed by atoms with Crippen molar-refractivity contribution < 1.29 is 9.53 Å². The van der Waals surface area contributed by atoms with Gasteiger partial charge in [0.25, 0.3) is 0 Å². The van der Waals surface area contributed by atoms with Crippen molar-refractivity contribution in [2.75, 3.05) is 40.3 Å². The number of piperidine rings is 1. The predicted octanol–water partition coefficient (Wildman–Crippen LogP) is 2.24. The van der Waals surface area contributed by atoms with Gasteiger partial charge >= 0.3 is 0 Å². The number of nitrogens with zero attached hydrogens (tertiary/aromatic N) is 2. The standard InChI is InChI=1S/C21H27N3O2/c1-23-12-9-22-20(25)21(23)7-10-24(11-8-21)15-16-3-4-18-14-19(26-2)6-5-17(18)13-16/h3-6,13-14H,7-12,15H2,1-2H3,(H,22,25). The smallest absolute Gasteiger partial charge is 0.240 e. The Balaban J connectivity index is 1.44. The number of amides is 1. The largest absolute Gasteiger partial charge is 0.497 e. The van der Waals surface area contributed by atoms with Gasteiger partial charge in [0, 0.05) is 32.7 Å². The van der Waals surface area contributed by atoms with Gasteiger partial charge in [-0.15, -0.1) is 0 Å². The van der Waals surface area contributed by atoms with Crippen LogP contribution in [-0.4, -0.2) is 61.6 Å². The van der Waals surface area contributed by atoms with Gasteiger partial charge in [-0.25, -0.2) is 0 Å². The molecule has 4 rings (SSSR count). The van der Waals surface area contributed by atoms with Crippen molar-refractivity contribution >= 4 is 16.7 Å². The van der Waals surface area contributed by atoms with E-state index in [1.165, 1.54) is 16.3 Å². The maximum absolute atomic E-state index is 12.5. The van der Waals surface area contributed by atoms with Gasteiger partial charge in [-0.1, -0.05) is 18.2 Å². The number of likely N-dealkylation sites (N-methyl/N-ethyl adjacent to an activating group) is 1. The highest BCUT2D eigenvalue weighted by molar-refractivity contribution is 5.87. The lowest BCUT2D eigenvalue weighted by Gasteiger charge is -2.48. The summed E-state index contributed by atoms with van der Waals surface area (Å²) < 4.78 is 5.30. The van der Waals surface area contributed by atoms with Crippen molar-refractivity contribution in [1.82, 2.24) is 15.1 Å². The summed E-state index contributed by atoms with van der Waals surface area (Å²) in [6.07, 6.45) is 1.81. The van der Waals surface area contributed by atoms with E-state index in [2.05, 4.69) is 52.5 Å². The van der Waals surface area contributed by atoms with E-state index in [0.717, 1.165) is 51.3 Å². The molecule has 1 N–H and O–H groups in total. The van der Waals surface area contributed by atoms with E-state index in [9.17, 15) is 4.79 Å². The minimum absolute atomic E-state index is 0.213. The van der Waals surface area contributed by atoms with Gasteiger partial charge in [0.2, 0.25) is 5.91 Å². The number of hydrogen-bond acceptors (Lipinski definition) is 4. The molecule has 2 aliphatic heterocycles. The van der Waals surface area contributed by atoms with Crippen molar-refractivity contribution in [2.24, 2.45) is 0 Å². The first-order valence-corrected chi connectivity index (χ1v) is 9.39. The van der Waals surface area contributed by atoms with Crippen LogP contribution >= 0.6 is 0 Å². The third kappa shape index (κ3) is 3.06. The summed E-state index contributed by atoms with van der Waals surface area (Å²) in [5, 5.41) is 5.50. The molecule has 0 radical (unpaired) electrons. The molecule has 0 unspecified atom stereocenters. The Bertz CT molecular complexity index is 812. The van der Waals surface area contributed by atoms with Crippen LogP contribution in [0, 0.1) is 0 Å². The topological polar surface area (TPSA) is 44.8 Å². The maximum Gasteiger partial charge on any atom is 0.240 e. The summed E-state index contributed by atoms with van der Waals surface area (Å²) in [5.74, 6) is 1.10. The molecule has 26 heavy (non-hydrogen) atoms. The third-order valence-electron chi connectivity index (χ3n) is 6.09. The number of piperazine rings is 1. The van der Waals surface area contributed by atoms with Crippen LogP contribution < -0.4 is 10.1 Å². The fourth-order valence-electron chi connectivity index (χ4n) is 4.34. The quantitative estimate of drug-likeness (QED) is 0.919. The lowest BCUT2D eigenvalue weighted by atomic mass is 9.83. The highest BCUT2D eigenvalue weighted by atomic mass is 16.5. The SMILES string of the molecule is COc1ccc2cc(CN3CCC4(CC3)C(=O)NCCN4C)ccc2c1. The van der Waals surface area contributed by atoms with Crippen molar-refractivity contribution in [1.29, 1.82) is 0 Å². The molecule has 2 fully saturated rings. The fourth-order valence-corrected chi connectivity index (χ4v) is 4.34. The van der Waals surface area contributed by atoms with E-state index in [1.54, 1.807) is 7.11 Å². The van der Waals surface area contributed by atoms with Gasteiger partial charge in [-0.05, 0) is 54.4 Å². The molecule has 0 saturated carbocycles. The molecular formula is C21H27N3O2. The van der Waals surface area contributed by atoms with Crippen molar-refractivity contribution in [3.05, 3.63) is 42.0 Å². The molecule has 0 aliphatic carbocycles. The Morgan fingerprint density at radius 2 is 1.81 bits per heavy atom. The van der Waals surface area contributed by atoms with E-state index in [4.69, 9.17) is 4.74 Å². The van der Waals surface area contributed by atoms with Gasteiger partial charge in [0.05, 0.1) is 7.11 Å². The van der Waals surface area contributed by atoms with Crippen LogP contribution in [0.4, 0.5) is 0 Å². The van der Waals surface area contributed by atoms with Crippen LogP contribution in [0.15, 0.2) is 36.4 Å². The van der Waals surface area contributed by atoms with Crippen LogP contribution in [0.25, 0.3) is 10.8 Å². The highest BCUT2D eigenvalue weighted by Gasteiger charge is 2.46. The number of rotatable bonds is 3. The molecule has 138 valence electrons. The first-order chi connectivity index (χ1) is 12.6. The Hall–Kier alpha value is -2.11. The van der Waals surface area contributed by atoms with E-state index in [1.807, 2.05) is 6.07 Å². The van der Waals surface area contributed by atoms with Gasteiger partial charge < -0.3 is 10.1 Å². The number of likely N-dealkylation sites (tertiary alicyclic amines) is 1. The Morgan fingerprint density at radius 3 is 2.54 bits per heavy atom. The summed E-state index contributed by atoms with van der Waals surface area (Å²) in [6.45, 7) is 4.56. The van der Waals surface area contributed by atoms with Crippen LogP contribution in [0.2, 0.25) is 0 Å². The minimum Gasteiger partial charge on any atom is -0.497 e. The average Bonchev–Trinajstić information content (AvgIpc) is 2.67. The zero-order valence-corrected chi connectivity index (χ0v) is 15.6. The van der Waals surface area contributed by atoms with Gasteiger partial charge in [-0.3, -0.25) is 14.6 Å².